The van der Waals surface area contributed by atoms with Crippen molar-refractivity contribution in [3.8, 4) is 69.6 Å². The normalized spacial score (nSPS) is 12.6. The minimum absolute atomic E-state index is 0.00166. The van der Waals surface area contributed by atoms with Crippen molar-refractivity contribution in [3.05, 3.63) is 216 Å². The molecule has 0 spiro atoms. The summed E-state index contributed by atoms with van der Waals surface area (Å²) in [6.45, 7) is 17.7. The van der Waals surface area contributed by atoms with Crippen molar-refractivity contribution in [1.29, 1.82) is 15.8 Å². The Labute approximate surface area is 732 Å². The Bertz CT molecular complexity index is 6020. The van der Waals surface area contributed by atoms with Gasteiger partial charge in [0.2, 0.25) is 17.7 Å². The Hall–Kier alpha value is -15.1. The summed E-state index contributed by atoms with van der Waals surface area (Å²) in [7, 11) is 0. The number of oxazole rings is 3. The Balaban J connectivity index is 0.000000170. The van der Waals surface area contributed by atoms with E-state index in [1.165, 1.54) is 66.1 Å². The topological polar surface area (TPSA) is 526 Å². The molecule has 0 aliphatic heterocycles. The number of nitrogens with zero attached hydrogens (tertiary/aromatic N) is 18. The van der Waals surface area contributed by atoms with Gasteiger partial charge in [0.1, 0.15) is 77.5 Å². The molecule has 0 radical (unpaired) electrons. The fourth-order valence-electron chi connectivity index (χ4n) is 11.6. The number of aliphatic hydroxyl groups excluding tert-OH is 2. The van der Waals surface area contributed by atoms with Crippen LogP contribution in [0, 0.1) is 51.7 Å². The van der Waals surface area contributed by atoms with Gasteiger partial charge in [0.05, 0.1) is 65.9 Å². The van der Waals surface area contributed by atoms with Gasteiger partial charge in [-0.15, -0.1) is 0 Å². The van der Waals surface area contributed by atoms with Crippen molar-refractivity contribution in [2.75, 3.05) is 50.7 Å². The van der Waals surface area contributed by atoms with E-state index in [9.17, 15) is 49.2 Å². The molecule has 3 aliphatic carbocycles. The van der Waals surface area contributed by atoms with Crippen LogP contribution >= 0.6 is 0 Å². The van der Waals surface area contributed by atoms with Gasteiger partial charge in [0, 0.05) is 60.5 Å². The summed E-state index contributed by atoms with van der Waals surface area (Å²) in [4.78, 5) is 116. The van der Waals surface area contributed by atoms with Gasteiger partial charge in [-0.1, -0.05) is 24.3 Å². The van der Waals surface area contributed by atoms with Crippen molar-refractivity contribution in [3.63, 3.8) is 0 Å². The average Bonchev–Trinajstić information content (AvgIpc) is 1.62. The first-order valence-corrected chi connectivity index (χ1v) is 40.4. The van der Waals surface area contributed by atoms with E-state index in [-0.39, 0.29) is 76.4 Å². The predicted octanol–water partition coefficient (Wildman–Crippen LogP) is 14.0. The number of aromatic nitrogens is 12. The zero-order valence-corrected chi connectivity index (χ0v) is 72.7. The van der Waals surface area contributed by atoms with Crippen LogP contribution in [0.5, 0.6) is 0 Å². The minimum atomic E-state index is -1.17. The molecule has 126 heavy (non-hydrogen) atoms. The molecule has 5 amide bonds. The maximum absolute atomic E-state index is 13.0. The van der Waals surface area contributed by atoms with E-state index in [2.05, 4.69) is 55.8 Å². The number of benzene rings is 3. The third kappa shape index (κ3) is 25.3. The summed E-state index contributed by atoms with van der Waals surface area (Å²) in [6, 6.07) is 36.5. The van der Waals surface area contributed by atoms with Crippen LogP contribution in [0.25, 0.3) is 51.4 Å². The van der Waals surface area contributed by atoms with E-state index < -0.39 is 52.9 Å². The molecule has 38 nitrogen and oxygen atoms in total. The van der Waals surface area contributed by atoms with Gasteiger partial charge in [0.25, 0.3) is 11.8 Å². The number of rotatable bonds is 23. The van der Waals surface area contributed by atoms with E-state index in [4.69, 9.17) is 52.1 Å². The number of amides is 5. The molecule has 3 fully saturated rings. The number of nitriles is 3. The van der Waals surface area contributed by atoms with E-state index in [1.807, 2.05) is 59.8 Å². The van der Waals surface area contributed by atoms with Crippen LogP contribution in [0.15, 0.2) is 178 Å². The summed E-state index contributed by atoms with van der Waals surface area (Å²) in [5.41, 5.74) is 10.1. The van der Waals surface area contributed by atoms with Crippen LogP contribution in [-0.2, 0) is 50.6 Å². The van der Waals surface area contributed by atoms with Crippen molar-refractivity contribution < 1.29 is 99.5 Å². The fourth-order valence-corrected chi connectivity index (χ4v) is 11.6. The van der Waals surface area contributed by atoms with Crippen LogP contribution < -0.4 is 31.1 Å². The summed E-state index contributed by atoms with van der Waals surface area (Å²) in [5, 5.41) is 72.7. The van der Waals surface area contributed by atoms with Crippen molar-refractivity contribution >= 4 is 76.9 Å². The summed E-state index contributed by atoms with van der Waals surface area (Å²) in [6.07, 6.45) is 18.3. The Morgan fingerprint density at radius 3 is 1.09 bits per heavy atom. The maximum atomic E-state index is 13.0. The molecule has 3 aromatic carbocycles. The molecule has 7 N–H and O–H groups in total. The number of pyridine rings is 3. The second-order valence-electron chi connectivity index (χ2n) is 31.9. The molecular weight excluding hydrogens is 1790 g/mol. The molecule has 12 aromatic rings. The first kappa shape index (κ1) is 91.7. The molecule has 3 aliphatic rings. The van der Waals surface area contributed by atoms with Crippen LogP contribution in [0.2, 0.25) is 0 Å². The standard InChI is InChI=1S/C29H29N7O5.C29H27N7O5.C18H21N3O5.C11H10N4O.O.W/c2*1-29(2,3)41-28(39)35(14-18-4-5-18)25-12-20(10-11-31-25)27-33-24(17-40-27)26(38)32-23-15-36(34-22(23)13-30)21-8-6-19(16-37)7-9-21;1-18(2,3)26-17(24)21(9-11-4-5-11)14-8-12(6-7-19-14)15-20-13(10-25-15)16(22)23;12-5-11-10(13)6-15(14-11)9-3-1-8(7-16)2-4-9;;/h6-12,15,17-18,37H,4-5,14,16H2,1-3H3,(H,32,38);6-12,15-18H,4-5,14H2,1-3H3,(H,32,38);6-8,10-11H,4-5,9H2,1-3H3,(H,22,23);1-4,6,16H,7,13H2;;. The Kier molecular flexibility index (Phi) is 29.6. The second kappa shape index (κ2) is 40.7. The van der Waals surface area contributed by atoms with E-state index in [1.54, 1.807) is 142 Å². The molecule has 0 atom stereocenters. The number of carboxylic acids is 1. The van der Waals surface area contributed by atoms with Crippen LogP contribution in [-0.4, -0.2) is 153 Å². The number of aldehydes is 1. The number of nitrogens with one attached hydrogen (secondary N) is 2. The Morgan fingerprint density at radius 2 is 0.802 bits per heavy atom. The van der Waals surface area contributed by atoms with Crippen molar-refractivity contribution in [1.82, 2.24) is 59.2 Å². The van der Waals surface area contributed by atoms with Gasteiger partial charge in [-0.3, -0.25) is 29.1 Å². The van der Waals surface area contributed by atoms with Crippen molar-refractivity contribution in [2.24, 2.45) is 17.8 Å². The number of hydrogen-bond donors (Lipinski definition) is 6. The average molecular weight is 1880 g/mol. The summed E-state index contributed by atoms with van der Waals surface area (Å²) < 4.78 is 45.8. The van der Waals surface area contributed by atoms with Gasteiger partial charge < -0.3 is 59.1 Å². The van der Waals surface area contributed by atoms with Crippen molar-refractivity contribution in [2.45, 2.75) is 131 Å². The molecule has 9 aromatic heterocycles. The molecule has 15 rings (SSSR count). The molecular formula is C87H87N21O17W. The molecule has 0 bridgehead atoms. The number of carbonyl (C=O) groups is 7. The zero-order chi connectivity index (χ0) is 90.7. The number of anilines is 6. The zero-order valence-electron chi connectivity index (χ0n) is 69.8. The second-order valence-corrected chi connectivity index (χ2v) is 31.9. The molecule has 648 valence electrons. The number of carboxylic acid groups (broad SMARTS) is 1. The van der Waals surface area contributed by atoms with E-state index in [0.29, 0.717) is 114 Å². The number of aromatic carboxylic acids is 1. The number of aliphatic hydroxyl groups is 2. The number of nitrogens with two attached hydrogens (primary N) is 1. The predicted molar refractivity (Wildman–Crippen MR) is 448 cm³/mol. The van der Waals surface area contributed by atoms with Gasteiger partial charge >= 0.3 is 47.4 Å². The van der Waals surface area contributed by atoms with Gasteiger partial charge in [-0.05, 0) is 215 Å². The third-order valence-corrected chi connectivity index (χ3v) is 18.3. The SMILES string of the molecule is CC(C)(C)OC(=O)N(CC1CC1)c1cc(-c2nc(C(=O)Nc3cn(-c4ccc(C=O)cc4)nc3C#N)co2)ccn1.CC(C)(C)OC(=O)N(CC1CC1)c1cc(-c2nc(C(=O)Nc3cn(-c4ccc(CO)cc4)nc3C#N)co2)ccn1.CC(C)(C)OC(=O)N(CC1CC1)c1cc(-c2nc(C(=O)O)co2)ccn1.N#Cc1nn(-c2ccc(CO)cc2)cc1N.[O]=[W]. The summed E-state index contributed by atoms with van der Waals surface area (Å²) >= 11 is 0.333. The van der Waals surface area contributed by atoms with Gasteiger partial charge in [-0.2, -0.15) is 31.1 Å². The number of nitrogen functional groups attached to an aromatic ring is 1. The fraction of sp³-hybridized carbons (Fsp3) is 0.299. The molecule has 9 heterocycles. The monoisotopic (exact) mass is 1880 g/mol. The Morgan fingerprint density at radius 1 is 0.492 bits per heavy atom. The van der Waals surface area contributed by atoms with Crippen LogP contribution in [0.1, 0.15) is 171 Å². The third-order valence-electron chi connectivity index (χ3n) is 18.3. The van der Waals surface area contributed by atoms with E-state index in [0.717, 1.165) is 67.9 Å². The molecule has 0 saturated heterocycles. The quantitative estimate of drug-likeness (QED) is 0.0256. The first-order valence-electron chi connectivity index (χ1n) is 39.2. The molecule has 39 heteroatoms. The summed E-state index contributed by atoms with van der Waals surface area (Å²) in [5.74, 6) is 0.528. The number of hydrogen-bond acceptors (Lipinski definition) is 29. The van der Waals surface area contributed by atoms with Crippen LogP contribution in [0.3, 0.4) is 0 Å². The number of carbonyl (C=O) groups excluding carboxylic acids is 6. The molecule has 0 unspecified atom stereocenters. The van der Waals surface area contributed by atoms with Gasteiger partial charge in [0.15, 0.2) is 34.2 Å². The van der Waals surface area contributed by atoms with Crippen LogP contribution in [0.4, 0.5) is 48.9 Å². The van der Waals surface area contributed by atoms with Gasteiger partial charge in [-0.25, -0.2) is 63.1 Å². The number of ether oxygens (including phenoxy) is 3. The molecule has 3 saturated carbocycles. The first-order chi connectivity index (χ1) is 60.2. The van der Waals surface area contributed by atoms with E-state index >= 15 is 0 Å².